The molecular formula is C34H38N4O2. The van der Waals surface area contributed by atoms with Crippen LogP contribution in [0.2, 0.25) is 0 Å². The molecule has 1 saturated carbocycles. The Morgan fingerprint density at radius 3 is 2.30 bits per heavy atom. The van der Waals surface area contributed by atoms with Crippen LogP contribution in [0.4, 0.5) is 11.4 Å². The van der Waals surface area contributed by atoms with E-state index in [1.54, 1.807) is 0 Å². The number of hydrogen-bond donors (Lipinski definition) is 2. The van der Waals surface area contributed by atoms with Crippen molar-refractivity contribution in [1.29, 1.82) is 0 Å². The Morgan fingerprint density at radius 1 is 0.925 bits per heavy atom. The smallest absolute Gasteiger partial charge is 0.240 e. The van der Waals surface area contributed by atoms with Gasteiger partial charge in [-0.15, -0.1) is 0 Å². The number of carbonyl (C=O) groups excluding carboxylic acids is 2. The fourth-order valence-corrected chi connectivity index (χ4v) is 5.51. The highest BCUT2D eigenvalue weighted by atomic mass is 16.2. The highest BCUT2D eigenvalue weighted by Crippen LogP contribution is 2.47. The van der Waals surface area contributed by atoms with Gasteiger partial charge in [-0.05, 0) is 106 Å². The SMILES string of the molecule is CCCc1cc2c(C(CC)c3ccc(NC(=O)C4(C(=O)Nc5ccc(C)cc5)CC4)c(C)n3)ccnc2cc1C. The fraction of sp³-hybridized carbons (Fsp3) is 0.353. The molecule has 0 aliphatic heterocycles. The van der Waals surface area contributed by atoms with Crippen molar-refractivity contribution in [3.8, 4) is 0 Å². The molecule has 6 heteroatoms. The molecule has 2 heterocycles. The zero-order chi connectivity index (χ0) is 28.4. The van der Waals surface area contributed by atoms with Crippen LogP contribution in [-0.4, -0.2) is 21.8 Å². The number of carbonyl (C=O) groups is 2. The molecule has 5 rings (SSSR count). The van der Waals surface area contributed by atoms with E-state index in [0.717, 1.165) is 41.7 Å². The highest BCUT2D eigenvalue weighted by Gasteiger charge is 2.56. The summed E-state index contributed by atoms with van der Waals surface area (Å²) in [6, 6.07) is 18.1. The van der Waals surface area contributed by atoms with Crippen LogP contribution in [0.1, 0.15) is 79.1 Å². The lowest BCUT2D eigenvalue weighted by molar-refractivity contribution is -0.131. The van der Waals surface area contributed by atoms with Gasteiger partial charge in [-0.3, -0.25) is 19.6 Å². The van der Waals surface area contributed by atoms with Gasteiger partial charge in [0.25, 0.3) is 0 Å². The minimum atomic E-state index is -1.04. The Morgan fingerprint density at radius 2 is 1.65 bits per heavy atom. The maximum Gasteiger partial charge on any atom is 0.240 e. The van der Waals surface area contributed by atoms with Crippen molar-refractivity contribution in [3.05, 3.63) is 94.4 Å². The van der Waals surface area contributed by atoms with Gasteiger partial charge in [0.1, 0.15) is 5.41 Å². The lowest BCUT2D eigenvalue weighted by Gasteiger charge is -2.20. The van der Waals surface area contributed by atoms with Crippen molar-refractivity contribution >= 4 is 34.1 Å². The van der Waals surface area contributed by atoms with Crippen LogP contribution in [-0.2, 0) is 16.0 Å². The summed E-state index contributed by atoms with van der Waals surface area (Å²) in [5, 5.41) is 7.09. The molecule has 4 aromatic rings. The van der Waals surface area contributed by atoms with Crippen LogP contribution >= 0.6 is 0 Å². The molecule has 0 bridgehead atoms. The zero-order valence-electron chi connectivity index (χ0n) is 24.1. The molecule has 6 nitrogen and oxygen atoms in total. The summed E-state index contributed by atoms with van der Waals surface area (Å²) >= 11 is 0. The number of nitrogens with one attached hydrogen (secondary N) is 2. The van der Waals surface area contributed by atoms with Gasteiger partial charge >= 0.3 is 0 Å². The number of hydrogen-bond acceptors (Lipinski definition) is 4. The predicted octanol–water partition coefficient (Wildman–Crippen LogP) is 7.41. The molecule has 0 saturated heterocycles. The molecule has 1 aliphatic carbocycles. The normalized spacial score (nSPS) is 14.5. The minimum absolute atomic E-state index is 0.0983. The molecule has 0 spiro atoms. The number of aromatic nitrogens is 2. The van der Waals surface area contributed by atoms with Gasteiger partial charge in [0.2, 0.25) is 11.8 Å². The molecule has 40 heavy (non-hydrogen) atoms. The average Bonchev–Trinajstić information content (AvgIpc) is 3.75. The summed E-state index contributed by atoms with van der Waals surface area (Å²) in [7, 11) is 0. The Labute approximate surface area is 236 Å². The van der Waals surface area contributed by atoms with E-state index in [1.807, 2.05) is 56.4 Å². The molecule has 1 unspecified atom stereocenters. The van der Waals surface area contributed by atoms with Crippen LogP contribution in [0.5, 0.6) is 0 Å². The van der Waals surface area contributed by atoms with Crippen molar-refractivity contribution in [2.45, 2.75) is 72.6 Å². The Bertz CT molecular complexity index is 1570. The number of aryl methyl sites for hydroxylation is 4. The summed E-state index contributed by atoms with van der Waals surface area (Å²) in [4.78, 5) is 35.9. The van der Waals surface area contributed by atoms with Crippen LogP contribution in [0.15, 0.2) is 60.8 Å². The van der Waals surface area contributed by atoms with Gasteiger partial charge in [-0.1, -0.05) is 38.0 Å². The third kappa shape index (κ3) is 5.35. The van der Waals surface area contributed by atoms with Gasteiger partial charge in [-0.2, -0.15) is 0 Å². The zero-order valence-corrected chi connectivity index (χ0v) is 24.1. The second kappa shape index (κ2) is 11.2. The number of pyridine rings is 2. The van der Waals surface area contributed by atoms with Crippen LogP contribution in [0.3, 0.4) is 0 Å². The fourth-order valence-electron chi connectivity index (χ4n) is 5.51. The molecule has 2 aromatic carbocycles. The third-order valence-corrected chi connectivity index (χ3v) is 8.18. The number of fused-ring (bicyclic) bond motifs is 1. The van der Waals surface area contributed by atoms with Crippen LogP contribution < -0.4 is 10.6 Å². The minimum Gasteiger partial charge on any atom is -0.325 e. The van der Waals surface area contributed by atoms with Crippen molar-refractivity contribution in [2.24, 2.45) is 5.41 Å². The molecule has 1 atom stereocenters. The lowest BCUT2D eigenvalue weighted by Crippen LogP contribution is -2.35. The quantitative estimate of drug-likeness (QED) is 0.219. The van der Waals surface area contributed by atoms with Gasteiger partial charge in [0, 0.05) is 28.9 Å². The molecule has 0 radical (unpaired) electrons. The average molecular weight is 535 g/mol. The number of rotatable bonds is 9. The summed E-state index contributed by atoms with van der Waals surface area (Å²) in [6.45, 7) is 10.4. The van der Waals surface area contributed by atoms with E-state index in [1.165, 1.54) is 22.1 Å². The van der Waals surface area contributed by atoms with Crippen molar-refractivity contribution < 1.29 is 9.59 Å². The van der Waals surface area contributed by atoms with Gasteiger partial charge in [-0.25, -0.2) is 0 Å². The second-order valence-corrected chi connectivity index (χ2v) is 11.1. The summed E-state index contributed by atoms with van der Waals surface area (Å²) in [5.41, 5.74) is 7.98. The second-order valence-electron chi connectivity index (χ2n) is 11.1. The first-order valence-corrected chi connectivity index (χ1v) is 14.3. The third-order valence-electron chi connectivity index (χ3n) is 8.18. The molecule has 1 aliphatic rings. The van der Waals surface area contributed by atoms with E-state index in [9.17, 15) is 9.59 Å². The molecule has 2 N–H and O–H groups in total. The largest absolute Gasteiger partial charge is 0.325 e. The highest BCUT2D eigenvalue weighted by molar-refractivity contribution is 6.17. The first-order chi connectivity index (χ1) is 19.3. The Hall–Kier alpha value is -4.06. The maximum atomic E-state index is 13.3. The van der Waals surface area contributed by atoms with E-state index in [-0.39, 0.29) is 17.7 Å². The molecule has 206 valence electrons. The van der Waals surface area contributed by atoms with Crippen molar-refractivity contribution in [1.82, 2.24) is 9.97 Å². The van der Waals surface area contributed by atoms with Crippen molar-refractivity contribution in [2.75, 3.05) is 10.6 Å². The lowest BCUT2D eigenvalue weighted by atomic mass is 9.88. The van der Waals surface area contributed by atoms with Gasteiger partial charge in [0.05, 0.1) is 16.9 Å². The summed E-state index contributed by atoms with van der Waals surface area (Å²) in [6.07, 6.45) is 5.99. The monoisotopic (exact) mass is 534 g/mol. The molecule has 1 fully saturated rings. The van der Waals surface area contributed by atoms with Gasteiger partial charge < -0.3 is 10.6 Å². The number of anilines is 2. The number of nitrogens with zero attached hydrogens (tertiary/aromatic N) is 2. The predicted molar refractivity (Wildman–Crippen MR) is 162 cm³/mol. The molecule has 2 aromatic heterocycles. The first kappa shape index (κ1) is 27.5. The van der Waals surface area contributed by atoms with E-state index in [2.05, 4.69) is 54.6 Å². The molecular weight excluding hydrogens is 496 g/mol. The van der Waals surface area contributed by atoms with E-state index in [0.29, 0.717) is 24.2 Å². The first-order valence-electron chi connectivity index (χ1n) is 14.3. The standard InChI is InChI=1S/C34H38N4O2/c1-6-8-24-20-28-27(15-18-35-31(28)19-22(24)4)26(7-2)30-14-13-29(23(5)36-30)38-33(40)34(16-17-34)32(39)37-25-11-9-21(3)10-12-25/h9-15,18-20,26H,6-8,16-17H2,1-5H3,(H,37,39)(H,38,40). The van der Waals surface area contributed by atoms with E-state index < -0.39 is 5.41 Å². The van der Waals surface area contributed by atoms with E-state index in [4.69, 9.17) is 4.98 Å². The van der Waals surface area contributed by atoms with E-state index >= 15 is 0 Å². The Balaban J connectivity index is 1.37. The van der Waals surface area contributed by atoms with Gasteiger partial charge in [0.15, 0.2) is 0 Å². The summed E-state index contributed by atoms with van der Waals surface area (Å²) in [5.74, 6) is -0.439. The van der Waals surface area contributed by atoms with Crippen molar-refractivity contribution in [3.63, 3.8) is 0 Å². The van der Waals surface area contributed by atoms with Crippen LogP contribution in [0.25, 0.3) is 10.9 Å². The summed E-state index contributed by atoms with van der Waals surface area (Å²) < 4.78 is 0. The topological polar surface area (TPSA) is 84.0 Å². The van der Waals surface area contributed by atoms with Crippen LogP contribution in [0, 0.1) is 26.2 Å². The Kier molecular flexibility index (Phi) is 7.70. The number of benzene rings is 2. The molecule has 2 amide bonds. The number of amides is 2. The maximum absolute atomic E-state index is 13.3.